The number of benzene rings is 2. The highest BCUT2D eigenvalue weighted by Crippen LogP contribution is 2.33. The highest BCUT2D eigenvalue weighted by molar-refractivity contribution is 5.98. The molecule has 0 amide bonds. The number of hydrogen-bond donors (Lipinski definition) is 0. The average Bonchev–Trinajstić information content (AvgIpc) is 2.73. The van der Waals surface area contributed by atoms with Crippen LogP contribution in [0.5, 0.6) is 11.5 Å². The van der Waals surface area contributed by atoms with E-state index in [1.807, 2.05) is 11.0 Å². The fourth-order valence-electron chi connectivity index (χ4n) is 3.70. The standard InChI is InChI=1S/C21H19FN2O3/c22-17-2-1-3-18(16(17)13-23)24-8-6-14(7-9-24)21(25)15-4-5-19-20(12-15)27-11-10-26-19/h1-5,12,14H,6-11H2. The Morgan fingerprint density at radius 1 is 1.11 bits per heavy atom. The summed E-state index contributed by atoms with van der Waals surface area (Å²) in [6.45, 7) is 2.22. The van der Waals surface area contributed by atoms with Gasteiger partial charge in [-0.05, 0) is 43.2 Å². The summed E-state index contributed by atoms with van der Waals surface area (Å²) in [4.78, 5) is 14.9. The largest absolute Gasteiger partial charge is 0.486 e. The molecule has 0 radical (unpaired) electrons. The summed E-state index contributed by atoms with van der Waals surface area (Å²) >= 11 is 0. The van der Waals surface area contributed by atoms with Gasteiger partial charge in [0.15, 0.2) is 17.3 Å². The first-order valence-corrected chi connectivity index (χ1v) is 9.05. The van der Waals surface area contributed by atoms with Gasteiger partial charge in [-0.1, -0.05) is 6.07 Å². The Labute approximate surface area is 156 Å². The molecule has 0 spiro atoms. The van der Waals surface area contributed by atoms with Gasteiger partial charge in [-0.15, -0.1) is 0 Å². The Balaban J connectivity index is 1.46. The predicted octanol–water partition coefficient (Wildman–Crippen LogP) is 3.57. The topological polar surface area (TPSA) is 62.6 Å². The number of hydrogen-bond acceptors (Lipinski definition) is 5. The van der Waals surface area contributed by atoms with Crippen molar-refractivity contribution in [1.82, 2.24) is 0 Å². The summed E-state index contributed by atoms with van der Waals surface area (Å²) < 4.78 is 24.9. The molecule has 4 rings (SSSR count). The van der Waals surface area contributed by atoms with E-state index in [9.17, 15) is 14.4 Å². The fourth-order valence-corrected chi connectivity index (χ4v) is 3.70. The zero-order valence-electron chi connectivity index (χ0n) is 14.8. The summed E-state index contributed by atoms with van der Waals surface area (Å²) in [7, 11) is 0. The van der Waals surface area contributed by atoms with Crippen molar-refractivity contribution in [2.24, 2.45) is 5.92 Å². The first-order valence-electron chi connectivity index (χ1n) is 9.05. The molecule has 0 unspecified atom stereocenters. The van der Waals surface area contributed by atoms with Gasteiger partial charge < -0.3 is 14.4 Å². The summed E-state index contributed by atoms with van der Waals surface area (Å²) in [6.07, 6.45) is 1.32. The summed E-state index contributed by atoms with van der Waals surface area (Å²) in [5.74, 6) is 0.768. The zero-order chi connectivity index (χ0) is 18.8. The smallest absolute Gasteiger partial charge is 0.166 e. The maximum atomic E-state index is 13.8. The van der Waals surface area contributed by atoms with Gasteiger partial charge in [0.2, 0.25) is 0 Å². The lowest BCUT2D eigenvalue weighted by Gasteiger charge is -2.33. The van der Waals surface area contributed by atoms with Gasteiger partial charge in [0.05, 0.1) is 5.69 Å². The normalized spacial score (nSPS) is 16.7. The van der Waals surface area contributed by atoms with E-state index in [1.54, 1.807) is 30.3 Å². The molecular formula is C21H19FN2O3. The van der Waals surface area contributed by atoms with Gasteiger partial charge >= 0.3 is 0 Å². The van der Waals surface area contributed by atoms with Crippen LogP contribution in [-0.4, -0.2) is 32.1 Å². The van der Waals surface area contributed by atoms with Gasteiger partial charge in [0.25, 0.3) is 0 Å². The van der Waals surface area contributed by atoms with E-state index >= 15 is 0 Å². The van der Waals surface area contributed by atoms with Crippen LogP contribution in [0, 0.1) is 23.1 Å². The zero-order valence-corrected chi connectivity index (χ0v) is 14.8. The lowest BCUT2D eigenvalue weighted by molar-refractivity contribution is 0.0899. The third-order valence-corrected chi connectivity index (χ3v) is 5.14. The SMILES string of the molecule is N#Cc1c(F)cccc1N1CCC(C(=O)c2ccc3c(c2)OCCO3)CC1. The molecule has 27 heavy (non-hydrogen) atoms. The van der Waals surface area contributed by atoms with E-state index in [0.717, 1.165) is 0 Å². The Bertz CT molecular complexity index is 914. The summed E-state index contributed by atoms with van der Waals surface area (Å²) in [6, 6.07) is 11.9. The lowest BCUT2D eigenvalue weighted by Crippen LogP contribution is -2.37. The Morgan fingerprint density at radius 3 is 2.59 bits per heavy atom. The summed E-state index contributed by atoms with van der Waals surface area (Å²) in [5, 5.41) is 9.22. The number of anilines is 1. The van der Waals surface area contributed by atoms with Crippen molar-refractivity contribution >= 4 is 11.5 Å². The molecule has 138 valence electrons. The molecule has 6 heteroatoms. The van der Waals surface area contributed by atoms with Crippen molar-refractivity contribution < 1.29 is 18.7 Å². The number of ketones is 1. The van der Waals surface area contributed by atoms with Crippen molar-refractivity contribution in [2.45, 2.75) is 12.8 Å². The number of ether oxygens (including phenoxy) is 2. The Morgan fingerprint density at radius 2 is 1.85 bits per heavy atom. The van der Waals surface area contributed by atoms with Crippen molar-refractivity contribution in [1.29, 1.82) is 5.26 Å². The molecule has 2 aliphatic heterocycles. The van der Waals surface area contributed by atoms with Crippen LogP contribution in [0.1, 0.15) is 28.8 Å². The number of carbonyl (C=O) groups is 1. The molecule has 2 aromatic rings. The molecule has 0 atom stereocenters. The van der Waals surface area contributed by atoms with Crippen LogP contribution in [0.2, 0.25) is 0 Å². The number of carbonyl (C=O) groups excluding carboxylic acids is 1. The fraction of sp³-hybridized carbons (Fsp3) is 0.333. The molecule has 0 aliphatic carbocycles. The van der Waals surface area contributed by atoms with Crippen LogP contribution in [0.15, 0.2) is 36.4 Å². The average molecular weight is 366 g/mol. The molecule has 2 aromatic carbocycles. The highest BCUT2D eigenvalue weighted by Gasteiger charge is 2.28. The molecule has 0 N–H and O–H groups in total. The number of halogens is 1. The third kappa shape index (κ3) is 3.33. The van der Waals surface area contributed by atoms with E-state index < -0.39 is 5.82 Å². The number of Topliss-reactive ketones (excluding diaryl/α,β-unsaturated/α-hetero) is 1. The maximum absolute atomic E-state index is 13.8. The monoisotopic (exact) mass is 366 g/mol. The highest BCUT2D eigenvalue weighted by atomic mass is 19.1. The van der Waals surface area contributed by atoms with Crippen molar-refractivity contribution in [3.8, 4) is 17.6 Å². The number of rotatable bonds is 3. The number of piperidine rings is 1. The van der Waals surface area contributed by atoms with Gasteiger partial charge in [-0.25, -0.2) is 4.39 Å². The van der Waals surface area contributed by atoms with Crippen molar-refractivity contribution in [3.63, 3.8) is 0 Å². The predicted molar refractivity (Wildman–Crippen MR) is 97.8 cm³/mol. The molecule has 5 nitrogen and oxygen atoms in total. The molecule has 0 bridgehead atoms. The van der Waals surface area contributed by atoms with Crippen LogP contribution in [0.3, 0.4) is 0 Å². The van der Waals surface area contributed by atoms with Crippen LogP contribution in [-0.2, 0) is 0 Å². The quantitative estimate of drug-likeness (QED) is 0.777. The number of nitriles is 1. The molecule has 2 aliphatic rings. The van der Waals surface area contributed by atoms with Crippen molar-refractivity contribution in [3.05, 3.63) is 53.3 Å². The minimum Gasteiger partial charge on any atom is -0.486 e. The molecular weight excluding hydrogens is 347 g/mol. The maximum Gasteiger partial charge on any atom is 0.166 e. The van der Waals surface area contributed by atoms with Crippen LogP contribution in [0.4, 0.5) is 10.1 Å². The second kappa shape index (κ2) is 7.28. The van der Waals surface area contributed by atoms with E-state index in [4.69, 9.17) is 9.47 Å². The van der Waals surface area contributed by atoms with Gasteiger partial charge in [-0.2, -0.15) is 5.26 Å². The number of fused-ring (bicyclic) bond motifs is 1. The van der Waals surface area contributed by atoms with Gasteiger partial charge in [-0.3, -0.25) is 4.79 Å². The van der Waals surface area contributed by atoms with E-state index in [0.29, 0.717) is 61.9 Å². The molecule has 0 aromatic heterocycles. The van der Waals surface area contributed by atoms with Crippen LogP contribution < -0.4 is 14.4 Å². The number of nitrogens with zero attached hydrogens (tertiary/aromatic N) is 2. The van der Waals surface area contributed by atoms with Gasteiger partial charge in [0.1, 0.15) is 30.7 Å². The second-order valence-corrected chi connectivity index (χ2v) is 6.73. The van der Waals surface area contributed by atoms with Crippen LogP contribution in [0.25, 0.3) is 0 Å². The molecule has 1 saturated heterocycles. The first kappa shape index (κ1) is 17.3. The third-order valence-electron chi connectivity index (χ3n) is 5.14. The second-order valence-electron chi connectivity index (χ2n) is 6.73. The van der Waals surface area contributed by atoms with Crippen molar-refractivity contribution in [2.75, 3.05) is 31.2 Å². The van der Waals surface area contributed by atoms with E-state index in [2.05, 4.69) is 0 Å². The summed E-state index contributed by atoms with van der Waals surface area (Å²) in [5.41, 5.74) is 1.29. The molecule has 2 heterocycles. The van der Waals surface area contributed by atoms with E-state index in [1.165, 1.54) is 6.07 Å². The van der Waals surface area contributed by atoms with Gasteiger partial charge in [0, 0.05) is 24.6 Å². The minimum absolute atomic E-state index is 0.0640. The van der Waals surface area contributed by atoms with E-state index in [-0.39, 0.29) is 17.3 Å². The molecule has 0 saturated carbocycles. The Kier molecular flexibility index (Phi) is 4.68. The molecule has 1 fully saturated rings. The Hall–Kier alpha value is -3.07. The van der Waals surface area contributed by atoms with Crippen LogP contribution >= 0.6 is 0 Å². The minimum atomic E-state index is -0.510. The lowest BCUT2D eigenvalue weighted by atomic mass is 9.88. The first-order chi connectivity index (χ1) is 13.2.